The first kappa shape index (κ1) is 18.5. The summed E-state index contributed by atoms with van der Waals surface area (Å²) in [6, 6.07) is 9.44. The van der Waals surface area contributed by atoms with Gasteiger partial charge in [-0.05, 0) is 61.0 Å². The summed E-state index contributed by atoms with van der Waals surface area (Å²) in [5.41, 5.74) is 5.98. The number of nitrogens with zero attached hydrogens (tertiary/aromatic N) is 1. The summed E-state index contributed by atoms with van der Waals surface area (Å²) in [5.74, 6) is 2.80. The zero-order valence-electron chi connectivity index (χ0n) is 16.2. The van der Waals surface area contributed by atoms with Crippen LogP contribution in [0.2, 0.25) is 0 Å². The molecule has 0 bridgehead atoms. The third-order valence-electron chi connectivity index (χ3n) is 5.30. The van der Waals surface area contributed by atoms with Gasteiger partial charge in [0.25, 0.3) is 0 Å². The number of methoxy groups -OCH3 is 2. The third kappa shape index (κ3) is 3.12. The Morgan fingerprint density at radius 3 is 2.68 bits per heavy atom. The summed E-state index contributed by atoms with van der Waals surface area (Å²) >= 11 is 0. The van der Waals surface area contributed by atoms with E-state index in [2.05, 4.69) is 17.4 Å². The predicted octanol–water partition coefficient (Wildman–Crippen LogP) is 2.98. The molecule has 7 nitrogen and oxygen atoms in total. The predicted molar refractivity (Wildman–Crippen MR) is 104 cm³/mol. The van der Waals surface area contributed by atoms with Crippen molar-refractivity contribution in [2.45, 2.75) is 12.5 Å². The van der Waals surface area contributed by atoms with Gasteiger partial charge in [0.1, 0.15) is 5.75 Å². The Hall–Kier alpha value is -2.90. The van der Waals surface area contributed by atoms with E-state index in [0.29, 0.717) is 17.2 Å². The van der Waals surface area contributed by atoms with Crippen LogP contribution in [0.1, 0.15) is 22.7 Å². The van der Waals surface area contributed by atoms with Crippen molar-refractivity contribution in [3.05, 3.63) is 53.1 Å². The van der Waals surface area contributed by atoms with Crippen LogP contribution in [0.5, 0.6) is 23.0 Å². The van der Waals surface area contributed by atoms with Gasteiger partial charge < -0.3 is 18.9 Å². The van der Waals surface area contributed by atoms with Gasteiger partial charge in [0.15, 0.2) is 11.5 Å². The van der Waals surface area contributed by atoms with Gasteiger partial charge in [-0.2, -0.15) is 0 Å². The lowest BCUT2D eigenvalue weighted by atomic mass is 9.90. The minimum atomic E-state index is -0.107. The summed E-state index contributed by atoms with van der Waals surface area (Å²) in [7, 11) is 5.32. The molecule has 2 aliphatic rings. The minimum absolute atomic E-state index is 0.107. The highest BCUT2D eigenvalue weighted by Gasteiger charge is 2.33. The Bertz CT molecular complexity index is 895. The number of benzene rings is 2. The van der Waals surface area contributed by atoms with E-state index >= 15 is 0 Å². The Morgan fingerprint density at radius 2 is 2.00 bits per heavy atom. The summed E-state index contributed by atoms with van der Waals surface area (Å²) in [5, 5.41) is 9.81. The van der Waals surface area contributed by atoms with Gasteiger partial charge in [-0.25, -0.2) is 0 Å². The summed E-state index contributed by atoms with van der Waals surface area (Å²) in [6.07, 6.45) is 2.87. The van der Waals surface area contributed by atoms with Gasteiger partial charge in [0.2, 0.25) is 12.5 Å². The first-order valence-corrected chi connectivity index (χ1v) is 9.12. The van der Waals surface area contributed by atoms with Gasteiger partial charge in [0, 0.05) is 12.1 Å². The standard InChI is InChI=1S/C21H24N2O5/c1-23-9-8-14-10-18-20(28-12-27-18)21(26-3)19(14)17(23)11-16(22-24)13-4-6-15(25-2)7-5-13/h4-7,10-11,17,22,24H,8-9,12H2,1-3H3/b16-11+/t17-/m1/s1. The molecule has 0 unspecified atom stereocenters. The van der Waals surface area contributed by atoms with E-state index in [0.717, 1.165) is 41.2 Å². The van der Waals surface area contributed by atoms with Crippen LogP contribution in [0.25, 0.3) is 5.70 Å². The molecule has 4 rings (SSSR count). The molecule has 0 saturated carbocycles. The van der Waals surface area contributed by atoms with Crippen molar-refractivity contribution in [1.29, 1.82) is 0 Å². The van der Waals surface area contributed by atoms with Crippen molar-refractivity contribution in [3.8, 4) is 23.0 Å². The van der Waals surface area contributed by atoms with E-state index in [9.17, 15) is 5.21 Å². The molecule has 2 aromatic rings. The molecule has 0 fully saturated rings. The Balaban J connectivity index is 1.80. The lowest BCUT2D eigenvalue weighted by Crippen LogP contribution is -2.32. The van der Waals surface area contributed by atoms with Crippen molar-refractivity contribution in [1.82, 2.24) is 10.4 Å². The number of nitrogens with one attached hydrogen (secondary N) is 1. The fourth-order valence-corrected chi connectivity index (χ4v) is 3.80. The summed E-state index contributed by atoms with van der Waals surface area (Å²) in [4.78, 5) is 2.22. The molecule has 0 spiro atoms. The van der Waals surface area contributed by atoms with Crippen molar-refractivity contribution in [2.24, 2.45) is 0 Å². The van der Waals surface area contributed by atoms with Crippen molar-refractivity contribution >= 4 is 5.70 Å². The first-order chi connectivity index (χ1) is 13.7. The molecule has 0 radical (unpaired) electrons. The molecule has 148 valence electrons. The fourth-order valence-electron chi connectivity index (χ4n) is 3.80. The maximum Gasteiger partial charge on any atom is 0.231 e. The largest absolute Gasteiger partial charge is 0.497 e. The Morgan fingerprint density at radius 1 is 1.21 bits per heavy atom. The maximum absolute atomic E-state index is 9.81. The topological polar surface area (TPSA) is 72.4 Å². The molecule has 0 aliphatic carbocycles. The van der Waals surface area contributed by atoms with Crippen LogP contribution < -0.4 is 24.4 Å². The van der Waals surface area contributed by atoms with Gasteiger partial charge in [-0.1, -0.05) is 0 Å². The number of hydrogen-bond donors (Lipinski definition) is 2. The van der Waals surface area contributed by atoms with E-state index in [1.807, 2.05) is 36.4 Å². The van der Waals surface area contributed by atoms with Crippen LogP contribution in [-0.2, 0) is 6.42 Å². The average molecular weight is 384 g/mol. The number of hydroxylamine groups is 1. The molecule has 0 aromatic heterocycles. The highest BCUT2D eigenvalue weighted by molar-refractivity contribution is 5.67. The highest BCUT2D eigenvalue weighted by Crippen LogP contribution is 2.49. The number of fused-ring (bicyclic) bond motifs is 2. The highest BCUT2D eigenvalue weighted by atomic mass is 16.7. The van der Waals surface area contributed by atoms with Crippen LogP contribution in [-0.4, -0.2) is 44.7 Å². The van der Waals surface area contributed by atoms with Crippen molar-refractivity contribution < 1.29 is 24.2 Å². The SMILES string of the molecule is COc1ccc(/C(=C\[C@@H]2c3c(cc4c(c3OC)OCO4)CCN2C)NO)cc1. The quantitative estimate of drug-likeness (QED) is 0.768. The normalized spacial score (nSPS) is 18.6. The second kappa shape index (κ2) is 7.61. The second-order valence-corrected chi connectivity index (χ2v) is 6.81. The van der Waals surface area contributed by atoms with Crippen LogP contribution in [0, 0.1) is 0 Å². The molecule has 0 amide bonds. The van der Waals surface area contributed by atoms with E-state index in [1.54, 1.807) is 14.2 Å². The summed E-state index contributed by atoms with van der Waals surface area (Å²) in [6.45, 7) is 1.07. The molecule has 2 aromatic carbocycles. The molecule has 2 N–H and O–H groups in total. The van der Waals surface area contributed by atoms with E-state index in [-0.39, 0.29) is 12.8 Å². The Kier molecular flexibility index (Phi) is 5.02. The number of likely N-dealkylation sites (N-methyl/N-ethyl adjacent to an activating group) is 1. The average Bonchev–Trinajstić information content (AvgIpc) is 3.20. The van der Waals surface area contributed by atoms with E-state index in [4.69, 9.17) is 18.9 Å². The first-order valence-electron chi connectivity index (χ1n) is 9.12. The van der Waals surface area contributed by atoms with Crippen molar-refractivity contribution in [2.75, 3.05) is 34.6 Å². The fraction of sp³-hybridized carbons (Fsp3) is 0.333. The van der Waals surface area contributed by atoms with Gasteiger partial charge >= 0.3 is 0 Å². The zero-order valence-corrected chi connectivity index (χ0v) is 16.2. The molecule has 2 aliphatic heterocycles. The van der Waals surface area contributed by atoms with Crippen LogP contribution in [0.4, 0.5) is 0 Å². The second-order valence-electron chi connectivity index (χ2n) is 6.81. The molecule has 28 heavy (non-hydrogen) atoms. The summed E-state index contributed by atoms with van der Waals surface area (Å²) < 4.78 is 22.2. The van der Waals surface area contributed by atoms with Crippen LogP contribution >= 0.6 is 0 Å². The van der Waals surface area contributed by atoms with Crippen LogP contribution in [0.15, 0.2) is 36.4 Å². The molecular formula is C21H24N2O5. The maximum atomic E-state index is 9.81. The van der Waals surface area contributed by atoms with Crippen molar-refractivity contribution in [3.63, 3.8) is 0 Å². The van der Waals surface area contributed by atoms with E-state index < -0.39 is 0 Å². The molecular weight excluding hydrogens is 360 g/mol. The minimum Gasteiger partial charge on any atom is -0.497 e. The van der Waals surface area contributed by atoms with Gasteiger partial charge in [-0.15, -0.1) is 0 Å². The van der Waals surface area contributed by atoms with Gasteiger partial charge in [-0.3, -0.25) is 15.6 Å². The molecule has 7 heteroatoms. The zero-order chi connectivity index (χ0) is 19.7. The molecule has 2 heterocycles. The van der Waals surface area contributed by atoms with E-state index in [1.165, 1.54) is 0 Å². The number of hydrogen-bond acceptors (Lipinski definition) is 7. The third-order valence-corrected chi connectivity index (χ3v) is 5.30. The number of rotatable bonds is 5. The molecule has 0 saturated heterocycles. The monoisotopic (exact) mass is 384 g/mol. The smallest absolute Gasteiger partial charge is 0.231 e. The van der Waals surface area contributed by atoms with Gasteiger partial charge in [0.05, 0.1) is 26.0 Å². The molecule has 1 atom stereocenters. The Labute approximate surface area is 164 Å². The lowest BCUT2D eigenvalue weighted by Gasteiger charge is -2.34. The van der Waals surface area contributed by atoms with Crippen LogP contribution in [0.3, 0.4) is 0 Å². The lowest BCUT2D eigenvalue weighted by molar-refractivity contribution is 0.171. The number of ether oxygens (including phenoxy) is 4.